The van der Waals surface area contributed by atoms with Crippen LogP contribution in [0.4, 0.5) is 0 Å². The van der Waals surface area contributed by atoms with Crippen LogP contribution in [0.2, 0.25) is 0 Å². The second kappa shape index (κ2) is 34.9. The number of carboxylic acid groups (broad SMARTS) is 1. The fraction of sp³-hybridized carbons (Fsp3) is 0.868. The van der Waals surface area contributed by atoms with Gasteiger partial charge in [0.1, 0.15) is 11.8 Å². The van der Waals surface area contributed by atoms with Gasteiger partial charge in [0, 0.05) is 57.9 Å². The van der Waals surface area contributed by atoms with E-state index in [2.05, 4.69) is 22.9 Å². The fourth-order valence-corrected chi connectivity index (χ4v) is 5.15. The van der Waals surface area contributed by atoms with Crippen molar-refractivity contribution in [1.29, 1.82) is 0 Å². The van der Waals surface area contributed by atoms with Gasteiger partial charge in [-0.15, -0.1) is 0 Å². The molecule has 0 saturated heterocycles. The molecule has 12 nitrogen and oxygen atoms in total. The Bertz CT molecular complexity index is 886. The van der Waals surface area contributed by atoms with Gasteiger partial charge in [-0.3, -0.25) is 19.2 Å². The topological polar surface area (TPSA) is 169 Å². The molecular weight excluding hydrogens is 642 g/mol. The van der Waals surface area contributed by atoms with Crippen LogP contribution in [-0.2, 0) is 38.2 Å². The first kappa shape index (κ1) is 47.4. The molecule has 0 rings (SSSR count). The maximum atomic E-state index is 12.3. The van der Waals surface area contributed by atoms with E-state index in [0.29, 0.717) is 72.0 Å². The molecule has 0 aliphatic carbocycles. The molecule has 0 unspecified atom stereocenters. The summed E-state index contributed by atoms with van der Waals surface area (Å²) in [4.78, 5) is 59.3. The lowest BCUT2D eigenvalue weighted by Crippen LogP contribution is -2.41. The highest BCUT2D eigenvalue weighted by Crippen LogP contribution is 2.13. The van der Waals surface area contributed by atoms with E-state index in [0.717, 1.165) is 19.3 Å². The van der Waals surface area contributed by atoms with Gasteiger partial charge in [0.25, 0.3) is 0 Å². The van der Waals surface area contributed by atoms with Crippen LogP contribution in [-0.4, -0.2) is 93.4 Å². The molecule has 3 amide bonds. The van der Waals surface area contributed by atoms with Crippen molar-refractivity contribution in [2.24, 2.45) is 5.92 Å². The van der Waals surface area contributed by atoms with Gasteiger partial charge in [-0.25, -0.2) is 4.79 Å². The lowest BCUT2D eigenvalue weighted by Gasteiger charge is -2.14. The van der Waals surface area contributed by atoms with E-state index in [4.69, 9.17) is 14.2 Å². The van der Waals surface area contributed by atoms with E-state index < -0.39 is 12.0 Å². The number of amides is 3. The number of ketones is 1. The van der Waals surface area contributed by atoms with Crippen LogP contribution >= 0.6 is 0 Å². The molecule has 50 heavy (non-hydrogen) atoms. The molecule has 0 fully saturated rings. The van der Waals surface area contributed by atoms with Crippen LogP contribution in [0.25, 0.3) is 0 Å². The maximum Gasteiger partial charge on any atom is 0.326 e. The summed E-state index contributed by atoms with van der Waals surface area (Å²) in [6, 6.07) is -1.07. The molecule has 0 aromatic heterocycles. The second-order valence-electron chi connectivity index (χ2n) is 13.4. The monoisotopic (exact) mass is 714 g/mol. The Hall–Kier alpha value is -2.57. The number of ether oxygens (including phenoxy) is 3. The van der Waals surface area contributed by atoms with Gasteiger partial charge < -0.3 is 35.3 Å². The summed E-state index contributed by atoms with van der Waals surface area (Å²) >= 11 is 0. The van der Waals surface area contributed by atoms with E-state index in [1.165, 1.54) is 64.2 Å². The lowest BCUT2D eigenvalue weighted by molar-refractivity contribution is -0.142. The van der Waals surface area contributed by atoms with Gasteiger partial charge in [-0.2, -0.15) is 0 Å². The molecule has 0 bridgehead atoms. The maximum absolute atomic E-state index is 12.3. The van der Waals surface area contributed by atoms with Crippen LogP contribution in [0.3, 0.4) is 0 Å². The second-order valence-corrected chi connectivity index (χ2v) is 13.4. The predicted molar refractivity (Wildman–Crippen MR) is 196 cm³/mol. The predicted octanol–water partition coefficient (Wildman–Crippen LogP) is 5.89. The van der Waals surface area contributed by atoms with Crippen molar-refractivity contribution in [3.8, 4) is 0 Å². The average Bonchev–Trinajstić information content (AvgIpc) is 3.08. The molecule has 292 valence electrons. The number of nitrogens with one attached hydrogen (secondary N) is 3. The quantitative estimate of drug-likeness (QED) is 0.0574. The molecule has 0 aliphatic rings. The SMILES string of the molecule is CCCCCCCCCCCCCCCC(=O)N[C@@H](CCC(=O)NCCCOCCOCCOCCCNC(=O)CCC(=O)C(C)C)C(=O)O. The number of rotatable bonds is 37. The van der Waals surface area contributed by atoms with Gasteiger partial charge >= 0.3 is 5.97 Å². The number of aliphatic carboxylic acids is 1. The highest BCUT2D eigenvalue weighted by Gasteiger charge is 2.20. The van der Waals surface area contributed by atoms with Crippen LogP contribution in [0, 0.1) is 5.92 Å². The number of Topliss-reactive ketones (excluding diaryl/α,β-unsaturated/α-hetero) is 1. The Morgan fingerprint density at radius 3 is 1.42 bits per heavy atom. The Morgan fingerprint density at radius 2 is 0.960 bits per heavy atom. The molecule has 0 spiro atoms. The zero-order chi connectivity index (χ0) is 37.1. The Labute approximate surface area is 302 Å². The van der Waals surface area contributed by atoms with Crippen molar-refractivity contribution in [3.05, 3.63) is 0 Å². The smallest absolute Gasteiger partial charge is 0.326 e. The van der Waals surface area contributed by atoms with E-state index in [1.807, 2.05) is 13.8 Å². The first-order valence-corrected chi connectivity index (χ1v) is 19.5. The summed E-state index contributed by atoms with van der Waals surface area (Å²) < 4.78 is 16.4. The van der Waals surface area contributed by atoms with Gasteiger partial charge in [0.05, 0.1) is 26.4 Å². The Balaban J connectivity index is 3.62. The average molecular weight is 714 g/mol. The highest BCUT2D eigenvalue weighted by atomic mass is 16.5. The van der Waals surface area contributed by atoms with Gasteiger partial charge in [-0.1, -0.05) is 97.8 Å². The number of carbonyl (C=O) groups excluding carboxylic acids is 4. The summed E-state index contributed by atoms with van der Waals surface area (Å²) in [6.07, 6.45) is 18.0. The lowest BCUT2D eigenvalue weighted by atomic mass is 10.0. The fourth-order valence-electron chi connectivity index (χ4n) is 5.15. The third-order valence-corrected chi connectivity index (χ3v) is 8.36. The molecule has 0 heterocycles. The third kappa shape index (κ3) is 32.6. The van der Waals surface area contributed by atoms with Crippen molar-refractivity contribution in [2.45, 2.75) is 155 Å². The van der Waals surface area contributed by atoms with Crippen molar-refractivity contribution < 1.29 is 43.3 Å². The summed E-state index contributed by atoms with van der Waals surface area (Å²) in [7, 11) is 0. The van der Waals surface area contributed by atoms with Gasteiger partial charge in [0.2, 0.25) is 17.7 Å². The molecule has 0 saturated carbocycles. The van der Waals surface area contributed by atoms with Crippen LogP contribution in [0.1, 0.15) is 149 Å². The van der Waals surface area contributed by atoms with Crippen molar-refractivity contribution >= 4 is 29.5 Å². The molecule has 12 heteroatoms. The standard InChI is InChI=1S/C38H71N3O9/c1-4-5-6-7-8-9-10-11-12-13-14-15-16-19-37(45)41-33(38(46)47)20-22-35(43)39-24-17-26-48-28-30-50-31-29-49-27-18-25-40-36(44)23-21-34(42)32(2)3/h32-33H,4-31H2,1-3H3,(H,39,43)(H,40,44)(H,41,45)(H,46,47)/t33-/m0/s1. The highest BCUT2D eigenvalue weighted by molar-refractivity contribution is 5.86. The molecular formula is C38H71N3O9. The summed E-state index contributed by atoms with van der Waals surface area (Å²) in [6.45, 7) is 9.47. The number of carboxylic acids is 1. The van der Waals surface area contributed by atoms with Crippen molar-refractivity contribution in [1.82, 2.24) is 16.0 Å². The summed E-state index contributed by atoms with van der Waals surface area (Å²) in [5.41, 5.74) is 0. The third-order valence-electron chi connectivity index (χ3n) is 8.36. The minimum atomic E-state index is -1.13. The summed E-state index contributed by atoms with van der Waals surface area (Å²) in [5.74, 6) is -1.74. The number of unbranched alkanes of at least 4 members (excludes halogenated alkanes) is 12. The first-order valence-electron chi connectivity index (χ1n) is 19.5. The molecule has 0 aromatic rings. The normalized spacial score (nSPS) is 11.8. The van der Waals surface area contributed by atoms with Crippen molar-refractivity contribution in [2.75, 3.05) is 52.7 Å². The first-order chi connectivity index (χ1) is 24.2. The van der Waals surface area contributed by atoms with E-state index >= 15 is 0 Å². The van der Waals surface area contributed by atoms with E-state index in [-0.39, 0.29) is 55.1 Å². The van der Waals surface area contributed by atoms with Crippen LogP contribution < -0.4 is 16.0 Å². The van der Waals surface area contributed by atoms with Crippen LogP contribution in [0.15, 0.2) is 0 Å². The zero-order valence-corrected chi connectivity index (χ0v) is 31.7. The largest absolute Gasteiger partial charge is 0.480 e. The minimum absolute atomic E-state index is 0.0159. The number of hydrogen-bond acceptors (Lipinski definition) is 8. The molecule has 0 radical (unpaired) electrons. The number of hydrogen-bond donors (Lipinski definition) is 4. The van der Waals surface area contributed by atoms with Crippen molar-refractivity contribution in [3.63, 3.8) is 0 Å². The molecule has 0 aromatic carbocycles. The number of carbonyl (C=O) groups is 5. The minimum Gasteiger partial charge on any atom is -0.480 e. The van der Waals surface area contributed by atoms with E-state index in [9.17, 15) is 29.1 Å². The summed E-state index contributed by atoms with van der Waals surface area (Å²) in [5, 5.41) is 17.6. The molecule has 0 aliphatic heterocycles. The zero-order valence-electron chi connectivity index (χ0n) is 31.7. The Kier molecular flexibility index (Phi) is 33.1. The molecule has 1 atom stereocenters. The Morgan fingerprint density at radius 1 is 0.520 bits per heavy atom. The van der Waals surface area contributed by atoms with Gasteiger partial charge in [0.15, 0.2) is 0 Å². The van der Waals surface area contributed by atoms with Gasteiger partial charge in [-0.05, 0) is 25.7 Å². The molecule has 4 N–H and O–H groups in total. The van der Waals surface area contributed by atoms with Crippen LogP contribution in [0.5, 0.6) is 0 Å². The van der Waals surface area contributed by atoms with E-state index in [1.54, 1.807) is 0 Å².